The lowest BCUT2D eigenvalue weighted by Gasteiger charge is -2.32. The number of nitrogens with zero attached hydrogens (tertiary/aromatic N) is 3. The van der Waals surface area contributed by atoms with Gasteiger partial charge in [-0.1, -0.05) is 0 Å². The number of cyclic esters (lactones) is 1. The maximum atomic E-state index is 12.2. The Morgan fingerprint density at radius 3 is 2.81 bits per heavy atom. The van der Waals surface area contributed by atoms with Crippen molar-refractivity contribution in [2.75, 3.05) is 37.7 Å². The average Bonchev–Trinajstić information content (AvgIpc) is 3.02. The number of piperidine rings is 1. The molecular formula is C19H23N3O5. The SMILES string of the molecule is CCOC(=O)OC1CCCN(CC2CN(c3ccc(C#N)cc3)C(=O)O2)C1. The number of hydrogen-bond acceptors (Lipinski definition) is 7. The maximum Gasteiger partial charge on any atom is 0.508 e. The smallest absolute Gasteiger partial charge is 0.443 e. The summed E-state index contributed by atoms with van der Waals surface area (Å²) >= 11 is 0. The van der Waals surface area contributed by atoms with Crippen LogP contribution in [-0.4, -0.2) is 62.1 Å². The Balaban J connectivity index is 1.53. The Kier molecular flexibility index (Phi) is 6.14. The number of anilines is 1. The second-order valence-corrected chi connectivity index (χ2v) is 6.60. The molecular weight excluding hydrogens is 350 g/mol. The molecule has 0 saturated carbocycles. The minimum absolute atomic E-state index is 0.204. The number of benzene rings is 1. The molecule has 3 rings (SSSR count). The van der Waals surface area contributed by atoms with E-state index in [1.165, 1.54) is 0 Å². The van der Waals surface area contributed by atoms with E-state index < -0.39 is 6.16 Å². The number of nitriles is 1. The fourth-order valence-electron chi connectivity index (χ4n) is 3.39. The van der Waals surface area contributed by atoms with E-state index in [1.807, 2.05) is 0 Å². The summed E-state index contributed by atoms with van der Waals surface area (Å²) in [5, 5.41) is 8.88. The molecule has 0 aromatic heterocycles. The summed E-state index contributed by atoms with van der Waals surface area (Å²) in [6.07, 6.45) is 0.227. The number of rotatable bonds is 5. The van der Waals surface area contributed by atoms with Crippen molar-refractivity contribution in [1.82, 2.24) is 4.90 Å². The van der Waals surface area contributed by atoms with Gasteiger partial charge in [0.1, 0.15) is 12.2 Å². The van der Waals surface area contributed by atoms with Gasteiger partial charge in [0.15, 0.2) is 0 Å². The minimum Gasteiger partial charge on any atom is -0.443 e. The van der Waals surface area contributed by atoms with Gasteiger partial charge in [0.25, 0.3) is 0 Å². The van der Waals surface area contributed by atoms with E-state index in [-0.39, 0.29) is 18.3 Å². The first-order chi connectivity index (χ1) is 13.1. The summed E-state index contributed by atoms with van der Waals surface area (Å²) in [4.78, 5) is 27.4. The fraction of sp³-hybridized carbons (Fsp3) is 0.526. The Labute approximate surface area is 158 Å². The monoisotopic (exact) mass is 373 g/mol. The molecule has 1 aromatic carbocycles. The van der Waals surface area contributed by atoms with Crippen molar-refractivity contribution in [3.8, 4) is 6.07 Å². The fourth-order valence-corrected chi connectivity index (χ4v) is 3.39. The summed E-state index contributed by atoms with van der Waals surface area (Å²) in [6.45, 7) is 4.53. The standard InChI is InChI=1S/C19H23N3O5/c1-2-25-19(24)27-16-4-3-9-21(11-16)12-17-13-22(18(23)26-17)15-7-5-14(10-20)6-8-15/h5-8,16-17H,2-4,9,11-13H2,1H3. The van der Waals surface area contributed by atoms with Gasteiger partial charge < -0.3 is 14.2 Å². The summed E-state index contributed by atoms with van der Waals surface area (Å²) in [7, 11) is 0. The van der Waals surface area contributed by atoms with Crippen molar-refractivity contribution in [2.24, 2.45) is 0 Å². The molecule has 2 aliphatic rings. The van der Waals surface area contributed by atoms with Crippen LogP contribution in [0.25, 0.3) is 0 Å². The zero-order chi connectivity index (χ0) is 19.2. The van der Waals surface area contributed by atoms with E-state index in [1.54, 1.807) is 36.1 Å². The number of carbonyl (C=O) groups is 2. The van der Waals surface area contributed by atoms with Crippen molar-refractivity contribution in [3.05, 3.63) is 29.8 Å². The first-order valence-corrected chi connectivity index (χ1v) is 9.13. The summed E-state index contributed by atoms with van der Waals surface area (Å²) in [5.41, 5.74) is 1.26. The van der Waals surface area contributed by atoms with Crippen LogP contribution in [0, 0.1) is 11.3 Å². The van der Waals surface area contributed by atoms with Crippen molar-refractivity contribution in [2.45, 2.75) is 32.0 Å². The Bertz CT molecular complexity index is 715. The van der Waals surface area contributed by atoms with Gasteiger partial charge >= 0.3 is 12.2 Å². The molecule has 2 atom stereocenters. The van der Waals surface area contributed by atoms with Gasteiger partial charge in [0.05, 0.1) is 24.8 Å². The highest BCUT2D eigenvalue weighted by Crippen LogP contribution is 2.23. The predicted octanol–water partition coefficient (Wildman–Crippen LogP) is 2.52. The molecule has 2 heterocycles. The molecule has 0 radical (unpaired) electrons. The van der Waals surface area contributed by atoms with Gasteiger partial charge in [-0.25, -0.2) is 9.59 Å². The van der Waals surface area contributed by atoms with E-state index in [4.69, 9.17) is 19.5 Å². The van der Waals surface area contributed by atoms with E-state index in [0.29, 0.717) is 37.5 Å². The van der Waals surface area contributed by atoms with Crippen LogP contribution in [0.5, 0.6) is 0 Å². The maximum absolute atomic E-state index is 12.2. The third-order valence-electron chi connectivity index (χ3n) is 4.63. The molecule has 2 aliphatic heterocycles. The van der Waals surface area contributed by atoms with Gasteiger partial charge in [-0.15, -0.1) is 0 Å². The quantitative estimate of drug-likeness (QED) is 0.732. The lowest BCUT2D eigenvalue weighted by molar-refractivity contribution is -0.00921. The second-order valence-electron chi connectivity index (χ2n) is 6.60. The molecule has 144 valence electrons. The highest BCUT2D eigenvalue weighted by molar-refractivity contribution is 5.89. The van der Waals surface area contributed by atoms with Crippen LogP contribution < -0.4 is 4.90 Å². The molecule has 27 heavy (non-hydrogen) atoms. The molecule has 2 saturated heterocycles. The molecule has 0 N–H and O–H groups in total. The third-order valence-corrected chi connectivity index (χ3v) is 4.63. The average molecular weight is 373 g/mol. The first-order valence-electron chi connectivity index (χ1n) is 9.13. The van der Waals surface area contributed by atoms with E-state index in [9.17, 15) is 9.59 Å². The van der Waals surface area contributed by atoms with Crippen LogP contribution in [0.3, 0.4) is 0 Å². The highest BCUT2D eigenvalue weighted by Gasteiger charge is 2.35. The highest BCUT2D eigenvalue weighted by atomic mass is 16.7. The van der Waals surface area contributed by atoms with E-state index in [2.05, 4.69) is 11.0 Å². The first kappa shape index (κ1) is 19.0. The lowest BCUT2D eigenvalue weighted by atomic mass is 10.1. The summed E-state index contributed by atoms with van der Waals surface area (Å²) < 4.78 is 15.6. The van der Waals surface area contributed by atoms with Crippen LogP contribution in [-0.2, 0) is 14.2 Å². The van der Waals surface area contributed by atoms with Gasteiger partial charge in [-0.3, -0.25) is 9.80 Å². The Morgan fingerprint density at radius 2 is 2.11 bits per heavy atom. The molecule has 8 nitrogen and oxygen atoms in total. The van der Waals surface area contributed by atoms with Gasteiger partial charge in [0.2, 0.25) is 0 Å². The van der Waals surface area contributed by atoms with Gasteiger partial charge in [-0.2, -0.15) is 5.26 Å². The van der Waals surface area contributed by atoms with Crippen LogP contribution in [0.4, 0.5) is 15.3 Å². The molecule has 1 amide bonds. The number of ether oxygens (including phenoxy) is 3. The molecule has 8 heteroatoms. The molecule has 0 aliphatic carbocycles. The van der Waals surface area contributed by atoms with Crippen molar-refractivity contribution in [3.63, 3.8) is 0 Å². The van der Waals surface area contributed by atoms with Crippen LogP contribution in [0.1, 0.15) is 25.3 Å². The van der Waals surface area contributed by atoms with Crippen molar-refractivity contribution in [1.29, 1.82) is 5.26 Å². The van der Waals surface area contributed by atoms with E-state index in [0.717, 1.165) is 19.4 Å². The predicted molar refractivity (Wildman–Crippen MR) is 96.3 cm³/mol. The van der Waals surface area contributed by atoms with Crippen LogP contribution in [0.2, 0.25) is 0 Å². The number of hydrogen-bond donors (Lipinski definition) is 0. The topological polar surface area (TPSA) is 92.1 Å². The lowest BCUT2D eigenvalue weighted by Crippen LogP contribution is -2.44. The van der Waals surface area contributed by atoms with Crippen molar-refractivity contribution < 1.29 is 23.8 Å². The molecule has 0 bridgehead atoms. The zero-order valence-corrected chi connectivity index (χ0v) is 15.3. The van der Waals surface area contributed by atoms with Crippen LogP contribution >= 0.6 is 0 Å². The molecule has 2 unspecified atom stereocenters. The Hall–Kier alpha value is -2.79. The summed E-state index contributed by atoms with van der Waals surface area (Å²) in [5.74, 6) is 0. The number of likely N-dealkylation sites (tertiary alicyclic amines) is 1. The number of amides is 1. The summed E-state index contributed by atoms with van der Waals surface area (Å²) in [6, 6.07) is 8.90. The van der Waals surface area contributed by atoms with E-state index >= 15 is 0 Å². The molecule has 1 aromatic rings. The largest absolute Gasteiger partial charge is 0.508 e. The second kappa shape index (κ2) is 8.73. The molecule has 2 fully saturated rings. The minimum atomic E-state index is -0.636. The number of carbonyl (C=O) groups excluding carboxylic acids is 2. The van der Waals surface area contributed by atoms with Gasteiger partial charge in [0, 0.05) is 18.8 Å². The Morgan fingerprint density at radius 1 is 1.33 bits per heavy atom. The third kappa shape index (κ3) is 4.89. The van der Waals surface area contributed by atoms with Crippen LogP contribution in [0.15, 0.2) is 24.3 Å². The normalized spacial score (nSPS) is 22.8. The van der Waals surface area contributed by atoms with Gasteiger partial charge in [-0.05, 0) is 50.6 Å². The zero-order valence-electron chi connectivity index (χ0n) is 15.3. The molecule has 0 spiro atoms. The van der Waals surface area contributed by atoms with Crippen molar-refractivity contribution >= 4 is 17.9 Å².